The predicted molar refractivity (Wildman–Crippen MR) is 109 cm³/mol. The van der Waals surface area contributed by atoms with Crippen LogP contribution in [0.5, 0.6) is 0 Å². The van der Waals surface area contributed by atoms with Crippen molar-refractivity contribution in [2.45, 2.75) is 74.1 Å². The summed E-state index contributed by atoms with van der Waals surface area (Å²) in [5.74, 6) is -3.97. The molecule has 16 nitrogen and oxygen atoms in total. The molecule has 0 heterocycles. The van der Waals surface area contributed by atoms with Crippen molar-refractivity contribution in [3.05, 3.63) is 0 Å². The molecule has 0 spiro atoms. The molecular weight excluding hydrogens is 468 g/mol. The van der Waals surface area contributed by atoms with E-state index in [1.165, 1.54) is 0 Å². The second-order valence-corrected chi connectivity index (χ2v) is 7.54. The fourth-order valence-electron chi connectivity index (χ4n) is 2.66. The first-order chi connectivity index (χ1) is 15.8. The summed E-state index contributed by atoms with van der Waals surface area (Å²) in [5, 5.41) is 107. The van der Waals surface area contributed by atoms with E-state index in [9.17, 15) is 60.3 Å². The second kappa shape index (κ2) is 15.8. The molecule has 16 heteroatoms. The molecule has 0 fully saturated rings. The molecule has 0 unspecified atom stereocenters. The van der Waals surface area contributed by atoms with Gasteiger partial charge in [-0.15, -0.1) is 0 Å². The summed E-state index contributed by atoms with van der Waals surface area (Å²) in [6.45, 7) is -2.01. The van der Waals surface area contributed by atoms with Gasteiger partial charge < -0.3 is 66.8 Å². The highest BCUT2D eigenvalue weighted by molar-refractivity contribution is 5.86. The number of carbonyl (C=O) groups excluding carboxylic acids is 2. The van der Waals surface area contributed by atoms with E-state index >= 15 is 0 Å². The average molecular weight is 502 g/mol. The van der Waals surface area contributed by atoms with E-state index in [1.54, 1.807) is 0 Å². The van der Waals surface area contributed by atoms with Gasteiger partial charge in [-0.1, -0.05) is 0 Å². The Bertz CT molecular complexity index is 638. The summed E-state index contributed by atoms with van der Waals surface area (Å²) in [6.07, 6.45) is -16.5. The van der Waals surface area contributed by atoms with Crippen molar-refractivity contribution in [3.8, 4) is 0 Å². The molecule has 0 rings (SSSR count). The molecule has 0 saturated carbocycles. The predicted octanol–water partition coefficient (Wildman–Crippen LogP) is -7.29. The third kappa shape index (κ3) is 10.1. The Kier molecular flexibility index (Phi) is 14.9. The Morgan fingerprint density at radius 3 is 1.50 bits per heavy atom. The molecule has 0 aliphatic rings. The third-order valence-corrected chi connectivity index (χ3v) is 4.88. The molecular formula is C18H34N2O14. The maximum absolute atomic E-state index is 12.0. The Hall–Kier alpha value is -1.99. The van der Waals surface area contributed by atoms with E-state index in [0.29, 0.717) is 0 Å². The number of aliphatic hydroxyl groups excluding tert-OH is 10. The summed E-state index contributed by atoms with van der Waals surface area (Å²) >= 11 is 0. The quantitative estimate of drug-likeness (QED) is 0.0822. The third-order valence-electron chi connectivity index (χ3n) is 4.88. The average Bonchev–Trinajstić information content (AvgIpc) is 2.83. The van der Waals surface area contributed by atoms with E-state index in [1.807, 2.05) is 5.32 Å². The van der Waals surface area contributed by atoms with Crippen LogP contribution in [-0.4, -0.2) is 149 Å². The molecule has 2 amide bonds. The molecule has 0 aliphatic heterocycles. The molecule has 0 aromatic heterocycles. The van der Waals surface area contributed by atoms with Gasteiger partial charge in [0.15, 0.2) is 12.2 Å². The highest BCUT2D eigenvalue weighted by Gasteiger charge is 2.36. The van der Waals surface area contributed by atoms with Crippen molar-refractivity contribution < 1.29 is 70.6 Å². The number of aliphatic carboxylic acids is 1. The fraction of sp³-hybridized carbons (Fsp3) is 0.833. The van der Waals surface area contributed by atoms with Crippen LogP contribution in [0.25, 0.3) is 0 Å². The van der Waals surface area contributed by atoms with Gasteiger partial charge in [-0.25, -0.2) is 4.79 Å². The molecule has 0 bridgehead atoms. The zero-order valence-electron chi connectivity index (χ0n) is 18.1. The van der Waals surface area contributed by atoms with Gasteiger partial charge in [-0.3, -0.25) is 9.59 Å². The van der Waals surface area contributed by atoms with Crippen LogP contribution in [0.1, 0.15) is 19.3 Å². The van der Waals surface area contributed by atoms with E-state index in [0.717, 1.165) is 0 Å². The van der Waals surface area contributed by atoms with Crippen LogP contribution in [0.2, 0.25) is 0 Å². The summed E-state index contributed by atoms with van der Waals surface area (Å²) < 4.78 is 0. The highest BCUT2D eigenvalue weighted by Crippen LogP contribution is 2.08. The lowest BCUT2D eigenvalue weighted by molar-refractivity contribution is -0.153. The molecule has 34 heavy (non-hydrogen) atoms. The zero-order chi connectivity index (χ0) is 26.6. The number of hydrogen-bond acceptors (Lipinski definition) is 13. The number of aliphatic hydroxyl groups is 10. The first kappa shape index (κ1) is 32.0. The monoisotopic (exact) mass is 502 g/mol. The summed E-state index contributed by atoms with van der Waals surface area (Å²) in [7, 11) is 0. The van der Waals surface area contributed by atoms with Crippen molar-refractivity contribution >= 4 is 17.8 Å². The number of rotatable bonds is 17. The number of amides is 2. The summed E-state index contributed by atoms with van der Waals surface area (Å²) in [4.78, 5) is 35.1. The van der Waals surface area contributed by atoms with Gasteiger partial charge in [0.25, 0.3) is 11.8 Å². The van der Waals surface area contributed by atoms with Gasteiger partial charge in [0.05, 0.1) is 13.2 Å². The SMILES string of the molecule is O=C(O)[C@H](CCCCNC(=O)[C@H](O)[C@@H](O)[C@H](O)[C@H](O)CO)NC(=O)[C@H](O)[C@@H](O)[C@H](O)[C@H](O)CO. The normalized spacial score (nSPS) is 19.6. The fourth-order valence-corrected chi connectivity index (χ4v) is 2.66. The Morgan fingerprint density at radius 2 is 1.09 bits per heavy atom. The topological polar surface area (TPSA) is 298 Å². The smallest absolute Gasteiger partial charge is 0.326 e. The standard InChI is InChI=1S/C18H34N2O14/c21-5-8(23)10(25)12(27)14(29)16(31)19-4-2-1-3-7(18(33)34)20-17(32)15(30)13(28)11(26)9(24)6-22/h7-15,21-30H,1-6H2,(H,19,31)(H,20,32)(H,33,34)/t7-,8+,9+,10+,11+,12-,13-,14+,15+/m0/s1. The van der Waals surface area contributed by atoms with Gasteiger partial charge in [-0.2, -0.15) is 0 Å². The molecule has 9 atom stereocenters. The number of carboxylic acids is 1. The Balaban J connectivity index is 4.57. The molecule has 0 radical (unpaired) electrons. The van der Waals surface area contributed by atoms with Gasteiger partial charge in [-0.05, 0) is 19.3 Å². The van der Waals surface area contributed by atoms with Crippen molar-refractivity contribution in [3.63, 3.8) is 0 Å². The first-order valence-corrected chi connectivity index (χ1v) is 10.3. The van der Waals surface area contributed by atoms with Crippen LogP contribution >= 0.6 is 0 Å². The van der Waals surface area contributed by atoms with Gasteiger partial charge >= 0.3 is 5.97 Å². The summed E-state index contributed by atoms with van der Waals surface area (Å²) in [6, 6.07) is -1.53. The Morgan fingerprint density at radius 1 is 0.647 bits per heavy atom. The van der Waals surface area contributed by atoms with Crippen LogP contribution in [-0.2, 0) is 14.4 Å². The first-order valence-electron chi connectivity index (χ1n) is 10.3. The second-order valence-electron chi connectivity index (χ2n) is 7.54. The molecule has 200 valence electrons. The molecule has 0 saturated heterocycles. The number of carbonyl (C=O) groups is 3. The lowest BCUT2D eigenvalue weighted by atomic mass is 10.0. The number of hydrogen-bond donors (Lipinski definition) is 13. The summed E-state index contributed by atoms with van der Waals surface area (Å²) in [5.41, 5.74) is 0. The van der Waals surface area contributed by atoms with Crippen molar-refractivity contribution in [1.82, 2.24) is 10.6 Å². The van der Waals surface area contributed by atoms with Gasteiger partial charge in [0, 0.05) is 6.54 Å². The van der Waals surface area contributed by atoms with E-state index in [2.05, 4.69) is 5.32 Å². The zero-order valence-corrected chi connectivity index (χ0v) is 18.1. The maximum atomic E-state index is 12.0. The van der Waals surface area contributed by atoms with Crippen LogP contribution < -0.4 is 10.6 Å². The largest absolute Gasteiger partial charge is 0.480 e. The van der Waals surface area contributed by atoms with E-state index < -0.39 is 85.9 Å². The van der Waals surface area contributed by atoms with Crippen molar-refractivity contribution in [2.24, 2.45) is 0 Å². The lowest BCUT2D eigenvalue weighted by Gasteiger charge is -2.26. The molecule has 0 aromatic rings. The highest BCUT2D eigenvalue weighted by atomic mass is 16.4. The van der Waals surface area contributed by atoms with Gasteiger partial charge in [0.1, 0.15) is 42.7 Å². The van der Waals surface area contributed by atoms with Crippen LogP contribution in [0.4, 0.5) is 0 Å². The molecule has 13 N–H and O–H groups in total. The molecule has 0 aliphatic carbocycles. The van der Waals surface area contributed by atoms with Crippen molar-refractivity contribution in [1.29, 1.82) is 0 Å². The van der Waals surface area contributed by atoms with Crippen LogP contribution in [0, 0.1) is 0 Å². The van der Waals surface area contributed by atoms with Crippen LogP contribution in [0.15, 0.2) is 0 Å². The number of carboxylic acid groups (broad SMARTS) is 1. The van der Waals surface area contributed by atoms with Gasteiger partial charge in [0.2, 0.25) is 0 Å². The minimum Gasteiger partial charge on any atom is -0.480 e. The number of nitrogens with one attached hydrogen (secondary N) is 2. The number of unbranched alkanes of at least 4 members (excludes halogenated alkanes) is 1. The maximum Gasteiger partial charge on any atom is 0.326 e. The minimum absolute atomic E-state index is 0.0898. The lowest BCUT2D eigenvalue weighted by Crippen LogP contribution is -2.54. The minimum atomic E-state index is -2.31. The van der Waals surface area contributed by atoms with E-state index in [4.69, 9.17) is 10.2 Å². The van der Waals surface area contributed by atoms with Crippen molar-refractivity contribution in [2.75, 3.05) is 19.8 Å². The van der Waals surface area contributed by atoms with Crippen LogP contribution in [0.3, 0.4) is 0 Å². The molecule has 0 aromatic carbocycles. The Labute approximate surface area is 193 Å². The van der Waals surface area contributed by atoms with E-state index in [-0.39, 0.29) is 25.8 Å².